The number of amides is 2. The number of aliphatic carboxylic acids is 1. The summed E-state index contributed by atoms with van der Waals surface area (Å²) in [4.78, 5) is 37.1. The molecule has 1 aromatic carbocycles. The van der Waals surface area contributed by atoms with Crippen molar-refractivity contribution in [2.75, 3.05) is 6.54 Å². The van der Waals surface area contributed by atoms with Crippen LogP contribution in [0.15, 0.2) is 30.3 Å². The van der Waals surface area contributed by atoms with Gasteiger partial charge in [0.05, 0.1) is 5.92 Å². The zero-order chi connectivity index (χ0) is 17.0. The van der Waals surface area contributed by atoms with E-state index < -0.39 is 17.9 Å². The molecule has 2 rings (SSSR count). The molecule has 0 aliphatic carbocycles. The molecule has 0 radical (unpaired) electrons. The second-order valence-electron chi connectivity index (χ2n) is 6.23. The van der Waals surface area contributed by atoms with Crippen molar-refractivity contribution in [1.29, 1.82) is 0 Å². The number of nitrogens with one attached hydrogen (secondary N) is 1. The van der Waals surface area contributed by atoms with E-state index in [1.165, 1.54) is 0 Å². The highest BCUT2D eigenvalue weighted by atomic mass is 16.4. The lowest BCUT2D eigenvalue weighted by Gasteiger charge is -2.20. The molecule has 1 unspecified atom stereocenters. The minimum atomic E-state index is -1.06. The van der Waals surface area contributed by atoms with E-state index in [1.807, 2.05) is 30.3 Å². The molecule has 1 fully saturated rings. The Labute approximate surface area is 135 Å². The first kappa shape index (κ1) is 17.0. The van der Waals surface area contributed by atoms with Crippen molar-refractivity contribution in [3.63, 3.8) is 0 Å². The number of rotatable bonds is 6. The molecule has 23 heavy (non-hydrogen) atoms. The van der Waals surface area contributed by atoms with E-state index in [2.05, 4.69) is 5.32 Å². The first-order valence-corrected chi connectivity index (χ1v) is 7.73. The molecule has 124 valence electrons. The summed E-state index contributed by atoms with van der Waals surface area (Å²) in [6.07, 6.45) is 0.128. The van der Waals surface area contributed by atoms with E-state index in [-0.39, 0.29) is 24.2 Å². The van der Waals surface area contributed by atoms with Gasteiger partial charge in [-0.15, -0.1) is 0 Å². The lowest BCUT2D eigenvalue weighted by molar-refractivity contribution is -0.143. The molecule has 6 nitrogen and oxygen atoms in total. The van der Waals surface area contributed by atoms with Crippen molar-refractivity contribution >= 4 is 17.8 Å². The second kappa shape index (κ2) is 7.26. The maximum Gasteiger partial charge on any atom is 0.326 e. The number of benzene rings is 1. The fourth-order valence-electron chi connectivity index (χ4n) is 2.69. The van der Waals surface area contributed by atoms with Crippen LogP contribution in [0, 0.1) is 11.8 Å². The maximum absolute atomic E-state index is 12.3. The molecule has 1 aliphatic heterocycles. The van der Waals surface area contributed by atoms with Gasteiger partial charge in [0.1, 0.15) is 6.04 Å². The molecule has 0 aromatic heterocycles. The molecule has 0 bridgehead atoms. The number of hydrogen-bond acceptors (Lipinski definition) is 3. The van der Waals surface area contributed by atoms with Gasteiger partial charge in [0.25, 0.3) is 0 Å². The Balaban J connectivity index is 1.96. The highest BCUT2D eigenvalue weighted by Gasteiger charge is 2.36. The van der Waals surface area contributed by atoms with Crippen LogP contribution in [-0.2, 0) is 20.9 Å². The van der Waals surface area contributed by atoms with Gasteiger partial charge in [-0.1, -0.05) is 44.2 Å². The number of likely N-dealkylation sites (tertiary alicyclic amines) is 1. The predicted molar refractivity (Wildman–Crippen MR) is 84.4 cm³/mol. The van der Waals surface area contributed by atoms with Crippen LogP contribution >= 0.6 is 0 Å². The highest BCUT2D eigenvalue weighted by molar-refractivity contribution is 5.91. The largest absolute Gasteiger partial charge is 0.480 e. The number of carbonyl (C=O) groups is 3. The average Bonchev–Trinajstić information content (AvgIpc) is 2.86. The highest BCUT2D eigenvalue weighted by Crippen LogP contribution is 2.21. The summed E-state index contributed by atoms with van der Waals surface area (Å²) in [5.41, 5.74) is 1.01. The van der Waals surface area contributed by atoms with Crippen molar-refractivity contribution in [1.82, 2.24) is 10.2 Å². The molecule has 2 N–H and O–H groups in total. The Morgan fingerprint density at radius 1 is 1.30 bits per heavy atom. The standard InChI is InChI=1S/C17H22N2O4/c1-11(2)15(17(22)23)18-16(21)13-8-14(20)19(10-13)9-12-6-4-3-5-7-12/h3-7,11,13,15H,8-10H2,1-2H3,(H,18,21)(H,22,23)/t13?,15-/m0/s1. The van der Waals surface area contributed by atoms with Gasteiger partial charge >= 0.3 is 5.97 Å². The zero-order valence-electron chi connectivity index (χ0n) is 13.4. The van der Waals surface area contributed by atoms with Crippen LogP contribution < -0.4 is 5.32 Å². The third-order valence-electron chi connectivity index (χ3n) is 4.03. The van der Waals surface area contributed by atoms with E-state index in [9.17, 15) is 14.4 Å². The van der Waals surface area contributed by atoms with Gasteiger partial charge in [0.15, 0.2) is 0 Å². The number of carboxylic acids is 1. The van der Waals surface area contributed by atoms with Crippen molar-refractivity contribution in [3.05, 3.63) is 35.9 Å². The average molecular weight is 318 g/mol. The van der Waals surface area contributed by atoms with Crippen LogP contribution in [-0.4, -0.2) is 40.4 Å². The monoisotopic (exact) mass is 318 g/mol. The molecule has 1 heterocycles. The molecular weight excluding hydrogens is 296 g/mol. The maximum atomic E-state index is 12.3. The summed E-state index contributed by atoms with van der Waals surface area (Å²) >= 11 is 0. The van der Waals surface area contributed by atoms with Gasteiger partial charge in [-0.2, -0.15) is 0 Å². The summed E-state index contributed by atoms with van der Waals surface area (Å²) in [7, 11) is 0. The third kappa shape index (κ3) is 4.31. The van der Waals surface area contributed by atoms with E-state index in [1.54, 1.807) is 18.7 Å². The summed E-state index contributed by atoms with van der Waals surface area (Å²) in [5, 5.41) is 11.7. The Morgan fingerprint density at radius 3 is 2.52 bits per heavy atom. The normalized spacial score (nSPS) is 19.0. The fourth-order valence-corrected chi connectivity index (χ4v) is 2.69. The predicted octanol–water partition coefficient (Wildman–Crippen LogP) is 1.26. The molecule has 1 aromatic rings. The minimum absolute atomic E-state index is 0.0783. The van der Waals surface area contributed by atoms with Crippen molar-refractivity contribution < 1.29 is 19.5 Å². The topological polar surface area (TPSA) is 86.7 Å². The smallest absolute Gasteiger partial charge is 0.326 e. The first-order valence-electron chi connectivity index (χ1n) is 7.73. The van der Waals surface area contributed by atoms with Gasteiger partial charge in [0, 0.05) is 19.5 Å². The molecule has 0 saturated carbocycles. The molecule has 1 aliphatic rings. The van der Waals surface area contributed by atoms with E-state index in [0.29, 0.717) is 13.1 Å². The van der Waals surface area contributed by atoms with E-state index in [4.69, 9.17) is 5.11 Å². The van der Waals surface area contributed by atoms with Gasteiger partial charge in [-0.05, 0) is 11.5 Å². The Kier molecular flexibility index (Phi) is 5.36. The summed E-state index contributed by atoms with van der Waals surface area (Å²) in [5.74, 6) is -2.21. The Hall–Kier alpha value is -2.37. The number of carboxylic acid groups (broad SMARTS) is 1. The van der Waals surface area contributed by atoms with Gasteiger partial charge in [0.2, 0.25) is 11.8 Å². The third-order valence-corrected chi connectivity index (χ3v) is 4.03. The quantitative estimate of drug-likeness (QED) is 0.827. The van der Waals surface area contributed by atoms with Crippen LogP contribution in [0.5, 0.6) is 0 Å². The molecule has 2 amide bonds. The van der Waals surface area contributed by atoms with E-state index in [0.717, 1.165) is 5.56 Å². The van der Waals surface area contributed by atoms with Crippen LogP contribution in [0.25, 0.3) is 0 Å². The Morgan fingerprint density at radius 2 is 1.96 bits per heavy atom. The number of carbonyl (C=O) groups excluding carboxylic acids is 2. The lowest BCUT2D eigenvalue weighted by Crippen LogP contribution is -2.47. The molecular formula is C17H22N2O4. The summed E-state index contributed by atoms with van der Waals surface area (Å²) in [6.45, 7) is 4.27. The first-order chi connectivity index (χ1) is 10.9. The SMILES string of the molecule is CC(C)[C@H](NC(=O)C1CC(=O)N(Cc2ccccc2)C1)C(=O)O. The van der Waals surface area contributed by atoms with Gasteiger partial charge in [-0.25, -0.2) is 4.79 Å². The zero-order valence-corrected chi connectivity index (χ0v) is 13.4. The van der Waals surface area contributed by atoms with Crippen LogP contribution in [0.3, 0.4) is 0 Å². The van der Waals surface area contributed by atoms with Crippen LogP contribution in [0.1, 0.15) is 25.8 Å². The summed E-state index contributed by atoms with van der Waals surface area (Å²) in [6, 6.07) is 8.64. The number of nitrogens with zero attached hydrogens (tertiary/aromatic N) is 1. The van der Waals surface area contributed by atoms with Crippen molar-refractivity contribution in [2.45, 2.75) is 32.9 Å². The van der Waals surface area contributed by atoms with Crippen molar-refractivity contribution in [2.24, 2.45) is 11.8 Å². The molecule has 1 saturated heterocycles. The van der Waals surface area contributed by atoms with Crippen LogP contribution in [0.4, 0.5) is 0 Å². The summed E-state index contributed by atoms with van der Waals surface area (Å²) < 4.78 is 0. The van der Waals surface area contributed by atoms with Crippen molar-refractivity contribution in [3.8, 4) is 0 Å². The minimum Gasteiger partial charge on any atom is -0.480 e. The van der Waals surface area contributed by atoms with Gasteiger partial charge < -0.3 is 15.3 Å². The number of hydrogen-bond donors (Lipinski definition) is 2. The lowest BCUT2D eigenvalue weighted by atomic mass is 10.0. The van der Waals surface area contributed by atoms with Gasteiger partial charge in [-0.3, -0.25) is 9.59 Å². The molecule has 6 heteroatoms. The van der Waals surface area contributed by atoms with E-state index >= 15 is 0 Å². The van der Waals surface area contributed by atoms with Crippen LogP contribution in [0.2, 0.25) is 0 Å². The fraction of sp³-hybridized carbons (Fsp3) is 0.471. The molecule has 2 atom stereocenters. The Bertz CT molecular complexity index is 586. The molecule has 0 spiro atoms. The second-order valence-corrected chi connectivity index (χ2v) is 6.23.